The number of carbonyl (C=O) groups excluding carboxylic acids is 1. The summed E-state index contributed by atoms with van der Waals surface area (Å²) in [6, 6.07) is 7.89. The van der Waals surface area contributed by atoms with Crippen molar-refractivity contribution in [3.63, 3.8) is 0 Å². The molecule has 5 nitrogen and oxygen atoms in total. The second-order valence-electron chi connectivity index (χ2n) is 8.33. The fourth-order valence-corrected chi connectivity index (χ4v) is 4.59. The average molecular weight is 483 g/mol. The minimum atomic E-state index is -4.69. The number of hydrogen-bond donors (Lipinski definition) is 1. The van der Waals surface area contributed by atoms with Gasteiger partial charge in [-0.3, -0.25) is 0 Å². The molecule has 4 rings (SSSR count). The van der Waals surface area contributed by atoms with Crippen LogP contribution in [-0.4, -0.2) is 29.1 Å². The Morgan fingerprint density at radius 1 is 0.971 bits per heavy atom. The summed E-state index contributed by atoms with van der Waals surface area (Å²) < 4.78 is 84.2. The van der Waals surface area contributed by atoms with Crippen LogP contribution in [0.25, 0.3) is 0 Å². The van der Waals surface area contributed by atoms with Gasteiger partial charge < -0.3 is 15.0 Å². The molecule has 2 fully saturated rings. The third-order valence-electron chi connectivity index (χ3n) is 6.10. The van der Waals surface area contributed by atoms with E-state index in [0.717, 1.165) is 24.3 Å². The highest BCUT2D eigenvalue weighted by molar-refractivity contribution is 5.90. The summed E-state index contributed by atoms with van der Waals surface area (Å²) in [5.74, 6) is -0.362. The van der Waals surface area contributed by atoms with Crippen LogP contribution in [-0.2, 0) is 12.4 Å². The summed E-state index contributed by atoms with van der Waals surface area (Å²) in [5.41, 5.74) is -1.77. The van der Waals surface area contributed by atoms with Gasteiger partial charge in [-0.25, -0.2) is 4.79 Å². The number of halogens is 6. The molecule has 2 heterocycles. The predicted octanol–water partition coefficient (Wildman–Crippen LogP) is 6.20. The zero-order valence-electron chi connectivity index (χ0n) is 17.6. The van der Waals surface area contributed by atoms with Gasteiger partial charge in [-0.1, -0.05) is 0 Å². The van der Waals surface area contributed by atoms with Crippen LogP contribution in [0.3, 0.4) is 0 Å². The molecule has 1 N–H and O–H groups in total. The van der Waals surface area contributed by atoms with Crippen LogP contribution >= 0.6 is 0 Å². The Labute approximate surface area is 190 Å². The summed E-state index contributed by atoms with van der Waals surface area (Å²) in [7, 11) is 0. The maximum Gasteiger partial charge on any atom is 0.420 e. The predicted molar refractivity (Wildman–Crippen MR) is 109 cm³/mol. The van der Waals surface area contributed by atoms with E-state index < -0.39 is 35.6 Å². The summed E-state index contributed by atoms with van der Waals surface area (Å²) in [5, 5.41) is 11.5. The van der Waals surface area contributed by atoms with Crippen molar-refractivity contribution >= 4 is 11.7 Å². The van der Waals surface area contributed by atoms with Gasteiger partial charge in [-0.15, -0.1) is 0 Å². The number of nitrogens with one attached hydrogen (secondary N) is 1. The zero-order chi connectivity index (χ0) is 24.7. The van der Waals surface area contributed by atoms with Gasteiger partial charge in [-0.2, -0.15) is 31.6 Å². The number of alkyl halides is 6. The van der Waals surface area contributed by atoms with Crippen LogP contribution in [0.15, 0.2) is 42.5 Å². The Morgan fingerprint density at radius 3 is 2.12 bits per heavy atom. The Kier molecular flexibility index (Phi) is 6.10. The lowest BCUT2D eigenvalue weighted by Crippen LogP contribution is -2.50. The van der Waals surface area contributed by atoms with E-state index in [0.29, 0.717) is 25.7 Å². The number of amides is 2. The maximum absolute atomic E-state index is 13.4. The molecule has 0 aliphatic carbocycles. The first kappa shape index (κ1) is 23.7. The second kappa shape index (κ2) is 8.74. The molecule has 2 bridgehead atoms. The Bertz CT molecular complexity index is 1090. The summed E-state index contributed by atoms with van der Waals surface area (Å²) >= 11 is 0. The number of ether oxygens (including phenoxy) is 1. The van der Waals surface area contributed by atoms with Gasteiger partial charge >= 0.3 is 18.4 Å². The van der Waals surface area contributed by atoms with Gasteiger partial charge in [0.2, 0.25) is 0 Å². The van der Waals surface area contributed by atoms with Gasteiger partial charge in [0.25, 0.3) is 0 Å². The van der Waals surface area contributed by atoms with Gasteiger partial charge in [0, 0.05) is 30.6 Å². The summed E-state index contributed by atoms with van der Waals surface area (Å²) in [6.07, 6.45) is -7.81. The van der Waals surface area contributed by atoms with Crippen molar-refractivity contribution in [2.45, 2.75) is 56.2 Å². The molecule has 0 spiro atoms. The minimum absolute atomic E-state index is 0.130. The number of anilines is 1. The smallest absolute Gasteiger partial charge is 0.420 e. The van der Waals surface area contributed by atoms with Crippen molar-refractivity contribution in [2.75, 3.05) is 5.32 Å². The third kappa shape index (κ3) is 4.90. The quantitative estimate of drug-likeness (QED) is 0.529. The Morgan fingerprint density at radius 2 is 1.59 bits per heavy atom. The van der Waals surface area contributed by atoms with Crippen LogP contribution in [0.1, 0.15) is 42.4 Å². The lowest BCUT2D eigenvalue weighted by molar-refractivity contribution is -0.139. The number of rotatable bonds is 3. The lowest BCUT2D eigenvalue weighted by atomic mass is 9.99. The number of urea groups is 1. The molecule has 180 valence electrons. The largest absolute Gasteiger partial charge is 0.490 e. The molecule has 34 heavy (non-hydrogen) atoms. The molecule has 0 aromatic heterocycles. The second-order valence-corrected chi connectivity index (χ2v) is 8.33. The highest BCUT2D eigenvalue weighted by Crippen LogP contribution is 2.41. The van der Waals surface area contributed by atoms with Crippen LogP contribution in [0, 0.1) is 11.3 Å². The topological polar surface area (TPSA) is 65.4 Å². The summed E-state index contributed by atoms with van der Waals surface area (Å²) in [6.45, 7) is 0. The first-order valence-electron chi connectivity index (χ1n) is 10.5. The van der Waals surface area contributed by atoms with Crippen molar-refractivity contribution in [3.05, 3.63) is 59.2 Å². The molecule has 2 aromatic carbocycles. The molecule has 2 amide bonds. The molecule has 2 unspecified atom stereocenters. The number of nitriles is 1. The number of fused-ring (bicyclic) bond motifs is 2. The molecule has 2 atom stereocenters. The van der Waals surface area contributed by atoms with Gasteiger partial charge in [0.15, 0.2) is 0 Å². The molecule has 0 saturated carbocycles. The minimum Gasteiger partial charge on any atom is -0.490 e. The molecule has 2 aromatic rings. The monoisotopic (exact) mass is 483 g/mol. The molecule has 11 heteroatoms. The van der Waals surface area contributed by atoms with Crippen LogP contribution < -0.4 is 10.1 Å². The van der Waals surface area contributed by atoms with Crippen molar-refractivity contribution in [1.29, 1.82) is 5.26 Å². The average Bonchev–Trinajstić information content (AvgIpc) is 3.03. The number of benzene rings is 2. The van der Waals surface area contributed by atoms with E-state index in [-0.39, 0.29) is 29.1 Å². The van der Waals surface area contributed by atoms with Gasteiger partial charge in [0.1, 0.15) is 11.9 Å². The molecule has 2 saturated heterocycles. The van der Waals surface area contributed by atoms with Crippen LogP contribution in [0.2, 0.25) is 0 Å². The first-order valence-corrected chi connectivity index (χ1v) is 10.5. The maximum atomic E-state index is 13.4. The summed E-state index contributed by atoms with van der Waals surface area (Å²) in [4.78, 5) is 14.4. The SMILES string of the molecule is N#Cc1ccc(OC2CC3CCC(C2)N3C(=O)Nc2ccc(C(F)(F)F)cc2)c(C(F)(F)F)c1. The van der Waals surface area contributed by atoms with Crippen molar-refractivity contribution < 1.29 is 35.9 Å². The number of piperidine rings is 1. The fourth-order valence-electron chi connectivity index (χ4n) is 4.59. The standard InChI is InChI=1S/C23H19F6N3O2/c24-22(25,26)14-2-4-15(5-3-14)31-21(33)32-16-6-7-17(32)11-18(10-16)34-20-8-1-13(12-30)9-19(20)23(27,28)29/h1-5,8-9,16-18H,6-7,10-11H2,(H,31,33). The molecular weight excluding hydrogens is 464 g/mol. The van der Waals surface area contributed by atoms with E-state index >= 15 is 0 Å². The third-order valence-corrected chi connectivity index (χ3v) is 6.10. The normalized spacial score (nSPS) is 22.3. The van der Waals surface area contributed by atoms with Crippen molar-refractivity contribution in [3.8, 4) is 11.8 Å². The van der Waals surface area contributed by atoms with Gasteiger partial charge in [-0.05, 0) is 55.3 Å². The fraction of sp³-hybridized carbons (Fsp3) is 0.391. The molecule has 2 aliphatic heterocycles. The van der Waals surface area contributed by atoms with E-state index in [1.165, 1.54) is 18.2 Å². The highest BCUT2D eigenvalue weighted by Gasteiger charge is 2.45. The molecule has 0 radical (unpaired) electrons. The highest BCUT2D eigenvalue weighted by atomic mass is 19.4. The lowest BCUT2D eigenvalue weighted by Gasteiger charge is -2.39. The number of nitrogens with zero attached hydrogens (tertiary/aromatic N) is 2. The van der Waals surface area contributed by atoms with Gasteiger partial charge in [0.05, 0.1) is 22.8 Å². The van der Waals surface area contributed by atoms with E-state index in [2.05, 4.69) is 5.32 Å². The number of hydrogen-bond acceptors (Lipinski definition) is 3. The molecular formula is C23H19F6N3O2. The van der Waals surface area contributed by atoms with Crippen LogP contribution in [0.4, 0.5) is 36.8 Å². The Balaban J connectivity index is 1.43. The van der Waals surface area contributed by atoms with E-state index in [4.69, 9.17) is 10.00 Å². The zero-order valence-corrected chi connectivity index (χ0v) is 17.6. The van der Waals surface area contributed by atoms with E-state index in [9.17, 15) is 31.1 Å². The van der Waals surface area contributed by atoms with Crippen LogP contribution in [0.5, 0.6) is 5.75 Å². The molecule has 2 aliphatic rings. The van der Waals surface area contributed by atoms with Crippen molar-refractivity contribution in [2.24, 2.45) is 0 Å². The Hall–Kier alpha value is -3.42. The van der Waals surface area contributed by atoms with Crippen molar-refractivity contribution in [1.82, 2.24) is 4.90 Å². The van der Waals surface area contributed by atoms with E-state index in [1.54, 1.807) is 11.0 Å². The first-order chi connectivity index (χ1) is 16.0. The van der Waals surface area contributed by atoms with E-state index in [1.807, 2.05) is 0 Å². The number of carbonyl (C=O) groups is 1.